The lowest BCUT2D eigenvalue weighted by molar-refractivity contribution is 0.831. The van der Waals surface area contributed by atoms with Crippen LogP contribution in [0.1, 0.15) is 30.4 Å². The molecule has 2 aliphatic rings. The van der Waals surface area contributed by atoms with Crippen molar-refractivity contribution in [1.29, 1.82) is 0 Å². The zero-order valence-electron chi connectivity index (χ0n) is 10.7. The molecule has 0 spiro atoms. The molecule has 0 radical (unpaired) electrons. The molecule has 0 nitrogen and oxygen atoms in total. The van der Waals surface area contributed by atoms with Crippen molar-refractivity contribution in [3.63, 3.8) is 0 Å². The molecule has 0 saturated carbocycles. The van der Waals surface area contributed by atoms with Crippen LogP contribution >= 0.6 is 11.6 Å². The van der Waals surface area contributed by atoms with Gasteiger partial charge in [0, 0.05) is 10.4 Å². The summed E-state index contributed by atoms with van der Waals surface area (Å²) in [6.07, 6.45) is 9.35. The van der Waals surface area contributed by atoms with Crippen LogP contribution in [0.4, 0.5) is 0 Å². The molecule has 1 heteroatoms. The van der Waals surface area contributed by atoms with E-state index >= 15 is 0 Å². The zero-order valence-corrected chi connectivity index (χ0v) is 11.5. The lowest BCUT2D eigenvalue weighted by Crippen LogP contribution is -2.07. The highest BCUT2D eigenvalue weighted by atomic mass is 35.5. The number of allylic oxidation sites excluding steroid dienone is 4. The fraction of sp³-hybridized carbons (Fsp3) is 0.222. The zero-order chi connectivity index (χ0) is 12.8. The molecule has 0 bridgehead atoms. The van der Waals surface area contributed by atoms with E-state index in [1.165, 1.54) is 46.7 Å². The minimum atomic E-state index is 0.887. The van der Waals surface area contributed by atoms with Crippen molar-refractivity contribution >= 4 is 27.9 Å². The highest BCUT2D eigenvalue weighted by Crippen LogP contribution is 2.41. The van der Waals surface area contributed by atoms with E-state index in [4.69, 9.17) is 11.6 Å². The Kier molecular flexibility index (Phi) is 2.53. The van der Waals surface area contributed by atoms with Crippen molar-refractivity contribution < 1.29 is 0 Å². The normalized spacial score (nSPS) is 17.5. The molecule has 94 valence electrons. The van der Waals surface area contributed by atoms with E-state index < -0.39 is 0 Å². The van der Waals surface area contributed by atoms with Gasteiger partial charge < -0.3 is 0 Å². The van der Waals surface area contributed by atoms with Crippen LogP contribution in [-0.2, 0) is 6.42 Å². The van der Waals surface area contributed by atoms with Crippen LogP contribution in [0.25, 0.3) is 16.3 Å². The van der Waals surface area contributed by atoms with Crippen LogP contribution in [-0.4, -0.2) is 0 Å². The highest BCUT2D eigenvalue weighted by molar-refractivity contribution is 6.36. The Balaban J connectivity index is 2.06. The van der Waals surface area contributed by atoms with Crippen molar-refractivity contribution in [2.24, 2.45) is 0 Å². The molecular weight excluding hydrogens is 252 g/mol. The van der Waals surface area contributed by atoms with Gasteiger partial charge >= 0.3 is 0 Å². The molecule has 4 rings (SSSR count). The Bertz CT molecular complexity index is 735. The maximum atomic E-state index is 6.44. The van der Waals surface area contributed by atoms with Gasteiger partial charge in [-0.3, -0.25) is 0 Å². The van der Waals surface area contributed by atoms with Gasteiger partial charge in [-0.15, -0.1) is 0 Å². The number of rotatable bonds is 0. The Morgan fingerprint density at radius 1 is 0.947 bits per heavy atom. The molecule has 19 heavy (non-hydrogen) atoms. The smallest absolute Gasteiger partial charge is 0.0487 e. The summed E-state index contributed by atoms with van der Waals surface area (Å²) in [5, 5.41) is 3.40. The maximum Gasteiger partial charge on any atom is 0.0487 e. The van der Waals surface area contributed by atoms with Gasteiger partial charge in [0.25, 0.3) is 0 Å². The van der Waals surface area contributed by atoms with Crippen molar-refractivity contribution in [1.82, 2.24) is 0 Å². The number of halogens is 1. The topological polar surface area (TPSA) is 0 Å². The maximum absolute atomic E-state index is 6.44. The van der Waals surface area contributed by atoms with Crippen LogP contribution in [0, 0.1) is 0 Å². The summed E-state index contributed by atoms with van der Waals surface area (Å²) in [5.74, 6) is 0. The predicted octanol–water partition coefficient (Wildman–Crippen LogP) is 5.54. The summed E-state index contributed by atoms with van der Waals surface area (Å²) in [7, 11) is 0. The van der Waals surface area contributed by atoms with Gasteiger partial charge in [-0.1, -0.05) is 53.6 Å². The van der Waals surface area contributed by atoms with Crippen LogP contribution < -0.4 is 0 Å². The molecule has 0 aromatic heterocycles. The summed E-state index contributed by atoms with van der Waals surface area (Å²) in [4.78, 5) is 0. The van der Waals surface area contributed by atoms with Gasteiger partial charge in [0.15, 0.2) is 0 Å². The Morgan fingerprint density at radius 3 is 2.84 bits per heavy atom. The summed E-state index contributed by atoms with van der Waals surface area (Å²) >= 11 is 6.44. The molecule has 0 aliphatic heterocycles. The lowest BCUT2D eigenvalue weighted by atomic mass is 9.79. The van der Waals surface area contributed by atoms with Crippen molar-refractivity contribution in [3.8, 4) is 0 Å². The minimum Gasteiger partial charge on any atom is -0.0837 e. The van der Waals surface area contributed by atoms with Gasteiger partial charge in [0.1, 0.15) is 0 Å². The molecule has 0 amide bonds. The van der Waals surface area contributed by atoms with Gasteiger partial charge in [0.2, 0.25) is 0 Å². The second-order valence-corrected chi connectivity index (χ2v) is 5.80. The number of hydrogen-bond donors (Lipinski definition) is 0. The molecule has 0 heterocycles. The molecular formula is C18H15Cl. The van der Waals surface area contributed by atoms with E-state index in [2.05, 4.69) is 30.4 Å². The number of benzene rings is 2. The number of hydrogen-bond acceptors (Lipinski definition) is 0. The van der Waals surface area contributed by atoms with E-state index in [0.29, 0.717) is 0 Å². The highest BCUT2D eigenvalue weighted by Gasteiger charge is 2.21. The Morgan fingerprint density at radius 2 is 1.89 bits per heavy atom. The van der Waals surface area contributed by atoms with E-state index in [1.54, 1.807) is 5.57 Å². The van der Waals surface area contributed by atoms with E-state index in [0.717, 1.165) is 11.4 Å². The van der Waals surface area contributed by atoms with Gasteiger partial charge in [-0.05, 0) is 53.8 Å². The molecule has 2 aromatic rings. The summed E-state index contributed by atoms with van der Waals surface area (Å²) in [5.41, 5.74) is 5.92. The number of aryl methyl sites for hydroxylation is 1. The predicted molar refractivity (Wildman–Crippen MR) is 82.6 cm³/mol. The average Bonchev–Trinajstić information content (AvgIpc) is 2.46. The summed E-state index contributed by atoms with van der Waals surface area (Å²) in [6, 6.07) is 10.7. The van der Waals surface area contributed by atoms with E-state index in [1.807, 2.05) is 12.1 Å². The summed E-state index contributed by atoms with van der Waals surface area (Å²) in [6.45, 7) is 0. The molecule has 0 N–H and O–H groups in total. The summed E-state index contributed by atoms with van der Waals surface area (Å²) < 4.78 is 0. The van der Waals surface area contributed by atoms with Crippen LogP contribution in [0.2, 0.25) is 5.02 Å². The number of fused-ring (bicyclic) bond motifs is 4. The van der Waals surface area contributed by atoms with E-state index in [9.17, 15) is 0 Å². The first kappa shape index (κ1) is 11.3. The third-order valence-electron chi connectivity index (χ3n) is 4.35. The van der Waals surface area contributed by atoms with Gasteiger partial charge in [-0.25, -0.2) is 0 Å². The molecule has 0 saturated heterocycles. The minimum absolute atomic E-state index is 0.887. The van der Waals surface area contributed by atoms with Crippen molar-refractivity contribution in [2.45, 2.75) is 25.7 Å². The molecule has 2 aromatic carbocycles. The first-order valence-corrected chi connectivity index (χ1v) is 7.31. The first-order valence-electron chi connectivity index (χ1n) is 6.93. The monoisotopic (exact) mass is 266 g/mol. The quantitative estimate of drug-likeness (QED) is 0.587. The van der Waals surface area contributed by atoms with Crippen LogP contribution in [0.3, 0.4) is 0 Å². The fourth-order valence-corrected chi connectivity index (χ4v) is 3.74. The van der Waals surface area contributed by atoms with E-state index in [-0.39, 0.29) is 0 Å². The molecule has 2 aliphatic carbocycles. The van der Waals surface area contributed by atoms with Gasteiger partial charge in [-0.2, -0.15) is 0 Å². The standard InChI is InChI=1S/C18H15Cl/c19-17-7-3-5-13-9-10-15-14-6-2-1-4-12(14)8-11-16(15)18(13)17/h2-3,5-7,9-10H,1,4,8,11H2. The van der Waals surface area contributed by atoms with Crippen LogP contribution in [0.5, 0.6) is 0 Å². The molecule has 0 fully saturated rings. The second kappa shape index (κ2) is 4.25. The third-order valence-corrected chi connectivity index (χ3v) is 4.66. The Hall–Kier alpha value is -1.53. The molecule has 0 atom stereocenters. The first-order chi connectivity index (χ1) is 9.34. The van der Waals surface area contributed by atoms with Crippen molar-refractivity contribution in [2.75, 3.05) is 0 Å². The van der Waals surface area contributed by atoms with Crippen LogP contribution in [0.15, 0.2) is 48.1 Å². The second-order valence-electron chi connectivity index (χ2n) is 5.39. The van der Waals surface area contributed by atoms with Gasteiger partial charge in [0.05, 0.1) is 0 Å². The fourth-order valence-electron chi connectivity index (χ4n) is 3.45. The third kappa shape index (κ3) is 1.67. The SMILES string of the molecule is Clc1cccc2ccc3c(c12)CCC1=C3C=CCC1. The van der Waals surface area contributed by atoms with Crippen molar-refractivity contribution in [3.05, 3.63) is 64.2 Å². The molecule has 0 unspecified atom stereocenters. The Labute approximate surface area is 118 Å². The largest absolute Gasteiger partial charge is 0.0837 e. The average molecular weight is 267 g/mol. The lowest BCUT2D eigenvalue weighted by Gasteiger charge is -2.25.